The summed E-state index contributed by atoms with van der Waals surface area (Å²) in [4.78, 5) is 0. The molecule has 1 aliphatic rings. The Kier molecular flexibility index (Phi) is 5.54. The summed E-state index contributed by atoms with van der Waals surface area (Å²) in [7, 11) is 0. The molecule has 0 heterocycles. The molecule has 0 heteroatoms. The van der Waals surface area contributed by atoms with Gasteiger partial charge in [-0.25, -0.2) is 0 Å². The lowest BCUT2D eigenvalue weighted by molar-refractivity contribution is 1.31. The van der Waals surface area contributed by atoms with Crippen molar-refractivity contribution in [2.75, 3.05) is 0 Å². The molecule has 1 aliphatic carbocycles. The summed E-state index contributed by atoms with van der Waals surface area (Å²) in [5.74, 6) is 0. The zero-order valence-electron chi connectivity index (χ0n) is 7.82. The lowest BCUT2D eigenvalue weighted by Crippen LogP contribution is -1.60. The molecule has 0 aromatic carbocycles. The van der Waals surface area contributed by atoms with E-state index in [0.29, 0.717) is 0 Å². The van der Waals surface area contributed by atoms with Gasteiger partial charge in [-0.3, -0.25) is 0 Å². The quantitative estimate of drug-likeness (QED) is 0.487. The summed E-state index contributed by atoms with van der Waals surface area (Å²) in [6.45, 7) is 0. The maximum Gasteiger partial charge on any atom is -0.0160 e. The Morgan fingerprint density at radius 1 is 0.692 bits per heavy atom. The van der Waals surface area contributed by atoms with Crippen molar-refractivity contribution >= 4 is 0 Å². The Balaban J connectivity index is 2.49. The van der Waals surface area contributed by atoms with Crippen LogP contribution in [0.4, 0.5) is 0 Å². The molecule has 0 N–H and O–H groups in total. The van der Waals surface area contributed by atoms with E-state index in [2.05, 4.69) is 48.6 Å². The molecule has 0 nitrogen and oxygen atoms in total. The van der Waals surface area contributed by atoms with Gasteiger partial charge in [0.15, 0.2) is 0 Å². The summed E-state index contributed by atoms with van der Waals surface area (Å²) in [5.41, 5.74) is 0. The predicted molar refractivity (Wildman–Crippen MR) is 58.2 cm³/mol. The highest BCUT2D eigenvalue weighted by Crippen LogP contribution is 1.94. The second-order valence-electron chi connectivity index (χ2n) is 2.81. The third-order valence-corrected chi connectivity index (χ3v) is 1.68. The summed E-state index contributed by atoms with van der Waals surface area (Å²) < 4.78 is 0. The molecule has 0 bridgehead atoms. The van der Waals surface area contributed by atoms with Gasteiger partial charge in [0.05, 0.1) is 0 Å². The van der Waals surface area contributed by atoms with Crippen molar-refractivity contribution in [1.29, 1.82) is 0 Å². The smallest absolute Gasteiger partial charge is 0.0160 e. The van der Waals surface area contributed by atoms with Crippen molar-refractivity contribution in [1.82, 2.24) is 0 Å². The SMILES string of the molecule is [C]1=CCC=CCC=CC=CCC=C1. The lowest BCUT2D eigenvalue weighted by atomic mass is 10.3. The molecule has 0 amide bonds. The average molecular weight is 171 g/mol. The van der Waals surface area contributed by atoms with E-state index in [4.69, 9.17) is 0 Å². The van der Waals surface area contributed by atoms with E-state index in [0.717, 1.165) is 19.3 Å². The molecule has 0 aliphatic heterocycles. The van der Waals surface area contributed by atoms with Crippen LogP contribution in [0, 0.1) is 6.08 Å². The van der Waals surface area contributed by atoms with Crippen LogP contribution in [0.15, 0.2) is 54.7 Å². The molecule has 0 spiro atoms. The van der Waals surface area contributed by atoms with Gasteiger partial charge >= 0.3 is 0 Å². The molecule has 13 heavy (non-hydrogen) atoms. The van der Waals surface area contributed by atoms with E-state index in [1.54, 1.807) is 0 Å². The van der Waals surface area contributed by atoms with E-state index < -0.39 is 0 Å². The minimum absolute atomic E-state index is 0.978. The highest BCUT2D eigenvalue weighted by atomic mass is 13.8. The molecule has 1 radical (unpaired) electrons. The van der Waals surface area contributed by atoms with Crippen LogP contribution in [-0.4, -0.2) is 0 Å². The van der Waals surface area contributed by atoms with Crippen molar-refractivity contribution in [2.45, 2.75) is 19.3 Å². The van der Waals surface area contributed by atoms with E-state index in [-0.39, 0.29) is 0 Å². The van der Waals surface area contributed by atoms with Crippen molar-refractivity contribution in [2.24, 2.45) is 0 Å². The fraction of sp³-hybridized carbons (Fsp3) is 0.231. The molecular formula is C13H15. The minimum Gasteiger partial charge on any atom is -0.0844 e. The van der Waals surface area contributed by atoms with Gasteiger partial charge in [0.2, 0.25) is 0 Å². The normalized spacial score (nSPS) is 17.8. The Hall–Kier alpha value is -1.30. The maximum absolute atomic E-state index is 3.11. The van der Waals surface area contributed by atoms with Crippen molar-refractivity contribution in [3.8, 4) is 0 Å². The first-order valence-corrected chi connectivity index (χ1v) is 4.69. The van der Waals surface area contributed by atoms with E-state index in [1.165, 1.54) is 0 Å². The molecule has 1 rings (SSSR count). The van der Waals surface area contributed by atoms with Gasteiger partial charge in [-0.15, -0.1) is 0 Å². The largest absolute Gasteiger partial charge is 0.0844 e. The van der Waals surface area contributed by atoms with Gasteiger partial charge in [0.25, 0.3) is 0 Å². The second-order valence-corrected chi connectivity index (χ2v) is 2.81. The second kappa shape index (κ2) is 7.35. The van der Waals surface area contributed by atoms with E-state index >= 15 is 0 Å². The van der Waals surface area contributed by atoms with Crippen LogP contribution in [0.2, 0.25) is 0 Å². The Morgan fingerprint density at radius 2 is 1.38 bits per heavy atom. The molecule has 0 atom stereocenters. The first kappa shape index (κ1) is 9.79. The third-order valence-electron chi connectivity index (χ3n) is 1.68. The third kappa shape index (κ3) is 5.92. The van der Waals surface area contributed by atoms with Crippen molar-refractivity contribution in [3.05, 3.63) is 60.8 Å². The van der Waals surface area contributed by atoms with Crippen LogP contribution in [0.5, 0.6) is 0 Å². The van der Waals surface area contributed by atoms with Crippen molar-refractivity contribution < 1.29 is 0 Å². The van der Waals surface area contributed by atoms with Crippen LogP contribution in [0.25, 0.3) is 0 Å². The van der Waals surface area contributed by atoms with Gasteiger partial charge in [0.1, 0.15) is 0 Å². The molecule has 0 fully saturated rings. The minimum atomic E-state index is 0.978. The Labute approximate surface area is 80.7 Å². The highest BCUT2D eigenvalue weighted by molar-refractivity contribution is 5.09. The Morgan fingerprint density at radius 3 is 2.23 bits per heavy atom. The summed E-state index contributed by atoms with van der Waals surface area (Å²) in [6, 6.07) is 0. The monoisotopic (exact) mass is 171 g/mol. The topological polar surface area (TPSA) is 0 Å². The molecule has 0 unspecified atom stereocenters. The van der Waals surface area contributed by atoms with Crippen LogP contribution in [-0.2, 0) is 0 Å². The maximum atomic E-state index is 3.11. The molecule has 0 saturated heterocycles. The van der Waals surface area contributed by atoms with Gasteiger partial charge < -0.3 is 0 Å². The van der Waals surface area contributed by atoms with E-state index in [9.17, 15) is 0 Å². The van der Waals surface area contributed by atoms with Crippen LogP contribution < -0.4 is 0 Å². The number of allylic oxidation sites excluding steroid dienone is 10. The van der Waals surface area contributed by atoms with Crippen molar-refractivity contribution in [3.63, 3.8) is 0 Å². The van der Waals surface area contributed by atoms with Crippen LogP contribution in [0.3, 0.4) is 0 Å². The summed E-state index contributed by atoms with van der Waals surface area (Å²) in [5, 5.41) is 0. The average Bonchev–Trinajstić information content (AvgIpc) is 2.18. The summed E-state index contributed by atoms with van der Waals surface area (Å²) >= 11 is 0. The van der Waals surface area contributed by atoms with E-state index in [1.807, 2.05) is 12.2 Å². The predicted octanol–water partition coefficient (Wildman–Crippen LogP) is 3.75. The molecule has 0 aromatic heterocycles. The standard InChI is InChI=1S/C13H15/c1-2-4-6-8-10-12-13-11-9-7-5-3-1/h1-4,7-10,13H,5-6,11H2. The van der Waals surface area contributed by atoms with Gasteiger partial charge in [0, 0.05) is 0 Å². The number of hydrogen-bond donors (Lipinski definition) is 0. The lowest BCUT2D eigenvalue weighted by Gasteiger charge is -1.80. The molecular weight excluding hydrogens is 156 g/mol. The van der Waals surface area contributed by atoms with Gasteiger partial charge in [-0.2, -0.15) is 0 Å². The molecule has 67 valence electrons. The highest BCUT2D eigenvalue weighted by Gasteiger charge is 1.74. The molecule has 0 saturated carbocycles. The number of hydrogen-bond acceptors (Lipinski definition) is 0. The molecule has 0 aromatic rings. The Bertz CT molecular complexity index is 223. The zero-order valence-corrected chi connectivity index (χ0v) is 7.82. The fourth-order valence-corrected chi connectivity index (χ4v) is 1.00. The van der Waals surface area contributed by atoms with Gasteiger partial charge in [-0.1, -0.05) is 54.7 Å². The van der Waals surface area contributed by atoms with Gasteiger partial charge in [-0.05, 0) is 25.3 Å². The fourth-order valence-electron chi connectivity index (χ4n) is 1.00. The zero-order chi connectivity index (χ0) is 9.19. The summed E-state index contributed by atoms with van der Waals surface area (Å²) in [6.07, 6.45) is 25.0. The van der Waals surface area contributed by atoms with Crippen LogP contribution in [0.1, 0.15) is 19.3 Å². The first-order chi connectivity index (χ1) is 6.50. The first-order valence-electron chi connectivity index (χ1n) is 4.69. The van der Waals surface area contributed by atoms with Crippen LogP contribution >= 0.6 is 0 Å². The number of rotatable bonds is 0.